The van der Waals surface area contributed by atoms with Crippen molar-refractivity contribution in [3.05, 3.63) is 115 Å². The number of halogens is 3. The molecule has 4 rings (SSSR count). The smallest absolute Gasteiger partial charge is 0.376 e. The van der Waals surface area contributed by atoms with Gasteiger partial charge in [0.25, 0.3) is 0 Å². The van der Waals surface area contributed by atoms with Crippen molar-refractivity contribution in [1.29, 1.82) is 0 Å². The van der Waals surface area contributed by atoms with E-state index in [4.69, 9.17) is 4.18 Å². The Bertz CT molecular complexity index is 1230. The van der Waals surface area contributed by atoms with Crippen LogP contribution in [0.3, 0.4) is 0 Å². The lowest BCUT2D eigenvalue weighted by atomic mass is 10.3. The average Bonchev–Trinajstić information content (AvgIpc) is 2.82. The Morgan fingerprint density at radius 1 is 0.576 bits per heavy atom. The van der Waals surface area contributed by atoms with E-state index < -0.39 is 23.7 Å². The number of para-hydroxylation sites is 1. The van der Waals surface area contributed by atoms with E-state index in [9.17, 15) is 21.6 Å². The fourth-order valence-corrected chi connectivity index (χ4v) is 9.46. The maximum Gasteiger partial charge on any atom is 0.534 e. The van der Waals surface area contributed by atoms with Gasteiger partial charge in [-0.3, -0.25) is 0 Å². The van der Waals surface area contributed by atoms with Gasteiger partial charge in [0.2, 0.25) is 0 Å². The Labute approximate surface area is 191 Å². The molecule has 4 aromatic rings. The van der Waals surface area contributed by atoms with E-state index >= 15 is 0 Å². The van der Waals surface area contributed by atoms with E-state index in [0.29, 0.717) is 5.19 Å². The van der Waals surface area contributed by atoms with Gasteiger partial charge in [-0.25, -0.2) is 0 Å². The second-order valence-corrected chi connectivity index (χ2v) is 12.6. The molecule has 0 aliphatic rings. The fraction of sp³-hybridized carbons (Fsp3) is 0.0400. The lowest BCUT2D eigenvalue weighted by Gasteiger charge is -2.35. The normalized spacial score (nSPS) is 12.3. The van der Waals surface area contributed by atoms with Crippen molar-refractivity contribution in [2.45, 2.75) is 5.51 Å². The van der Waals surface area contributed by atoms with Crippen molar-refractivity contribution < 1.29 is 25.8 Å². The van der Waals surface area contributed by atoms with E-state index in [1.165, 1.54) is 12.1 Å². The molecule has 0 amide bonds. The third-order valence-corrected chi connectivity index (χ3v) is 11.2. The molecule has 0 heterocycles. The van der Waals surface area contributed by atoms with Gasteiger partial charge in [-0.2, -0.15) is 21.6 Å². The van der Waals surface area contributed by atoms with E-state index in [2.05, 4.69) is 0 Å². The first-order chi connectivity index (χ1) is 15.8. The summed E-state index contributed by atoms with van der Waals surface area (Å²) in [6, 6.07) is 34.3. The van der Waals surface area contributed by atoms with Gasteiger partial charge in [-0.05, 0) is 26.8 Å². The van der Waals surface area contributed by atoms with Crippen LogP contribution >= 0.6 is 0 Å². The molecule has 0 aliphatic carbocycles. The summed E-state index contributed by atoms with van der Waals surface area (Å²) in [6.45, 7) is 0. The summed E-state index contributed by atoms with van der Waals surface area (Å²) in [5.74, 6) is -0.335. The van der Waals surface area contributed by atoms with Crippen molar-refractivity contribution in [1.82, 2.24) is 0 Å². The SMILES string of the molecule is O=S(=O)(Oc1ccccc1[Si](c1ccccc1)(c1ccccc1)c1ccccc1)C(F)(F)F. The molecule has 168 valence electrons. The molecule has 0 saturated heterocycles. The number of hydrogen-bond donors (Lipinski definition) is 0. The molecule has 3 nitrogen and oxygen atoms in total. The van der Waals surface area contributed by atoms with Crippen molar-refractivity contribution >= 4 is 38.9 Å². The van der Waals surface area contributed by atoms with Crippen LogP contribution in [0, 0.1) is 0 Å². The van der Waals surface area contributed by atoms with E-state index in [-0.39, 0.29) is 5.75 Å². The summed E-state index contributed by atoms with van der Waals surface area (Å²) in [5.41, 5.74) is -5.55. The lowest BCUT2D eigenvalue weighted by Crippen LogP contribution is -2.75. The van der Waals surface area contributed by atoms with E-state index in [1.54, 1.807) is 12.1 Å². The summed E-state index contributed by atoms with van der Waals surface area (Å²) in [6.07, 6.45) is 0. The van der Waals surface area contributed by atoms with E-state index in [1.807, 2.05) is 91.0 Å². The molecule has 33 heavy (non-hydrogen) atoms. The zero-order valence-electron chi connectivity index (χ0n) is 17.2. The lowest BCUT2D eigenvalue weighted by molar-refractivity contribution is -0.0499. The first-order valence-corrected chi connectivity index (χ1v) is 13.4. The molecular formula is C25H19F3O3SSi. The van der Waals surface area contributed by atoms with Gasteiger partial charge < -0.3 is 4.18 Å². The minimum Gasteiger partial charge on any atom is -0.376 e. The summed E-state index contributed by atoms with van der Waals surface area (Å²) in [5, 5.41) is 3.04. The van der Waals surface area contributed by atoms with Crippen LogP contribution in [0.15, 0.2) is 115 Å². The van der Waals surface area contributed by atoms with Crippen LogP contribution in [0.2, 0.25) is 0 Å². The van der Waals surface area contributed by atoms with Crippen molar-refractivity contribution in [3.8, 4) is 5.75 Å². The minimum atomic E-state index is -5.86. The number of alkyl halides is 3. The quantitative estimate of drug-likeness (QED) is 0.183. The molecule has 8 heteroatoms. The number of rotatable bonds is 6. The van der Waals surface area contributed by atoms with Crippen LogP contribution in [-0.4, -0.2) is 22.0 Å². The first-order valence-electron chi connectivity index (χ1n) is 10.0. The van der Waals surface area contributed by atoms with Crippen molar-refractivity contribution in [3.63, 3.8) is 0 Å². The predicted octanol–water partition coefficient (Wildman–Crippen LogP) is 3.29. The molecule has 0 unspecified atom stereocenters. The average molecular weight is 485 g/mol. The third-order valence-electron chi connectivity index (χ3n) is 5.39. The van der Waals surface area contributed by atoms with Gasteiger partial charge in [0, 0.05) is 0 Å². The molecule has 4 aromatic carbocycles. The molecule has 0 fully saturated rings. The third kappa shape index (κ3) is 4.19. The highest BCUT2D eigenvalue weighted by molar-refractivity contribution is 7.88. The van der Waals surface area contributed by atoms with Crippen LogP contribution in [0.5, 0.6) is 5.75 Å². The highest BCUT2D eigenvalue weighted by Gasteiger charge is 2.50. The minimum absolute atomic E-state index is 0.335. The van der Waals surface area contributed by atoms with Gasteiger partial charge in [0.15, 0.2) is 8.07 Å². The van der Waals surface area contributed by atoms with Gasteiger partial charge >= 0.3 is 15.6 Å². The van der Waals surface area contributed by atoms with E-state index in [0.717, 1.165) is 15.6 Å². The largest absolute Gasteiger partial charge is 0.534 e. The number of benzene rings is 4. The zero-order chi connectivity index (χ0) is 23.5. The zero-order valence-corrected chi connectivity index (χ0v) is 19.1. The number of hydrogen-bond acceptors (Lipinski definition) is 3. The second kappa shape index (κ2) is 8.88. The Morgan fingerprint density at radius 2 is 0.939 bits per heavy atom. The first kappa shape index (κ1) is 22.8. The Kier molecular flexibility index (Phi) is 6.14. The molecule has 0 atom stereocenters. The molecule has 0 bridgehead atoms. The second-order valence-electron chi connectivity index (χ2n) is 7.33. The molecule has 0 N–H and O–H groups in total. The summed E-state index contributed by atoms with van der Waals surface area (Å²) in [7, 11) is -9.12. The summed E-state index contributed by atoms with van der Waals surface area (Å²) < 4.78 is 68.4. The molecule has 0 aliphatic heterocycles. The molecule has 0 spiro atoms. The molecule has 0 aromatic heterocycles. The van der Waals surface area contributed by atoms with Crippen molar-refractivity contribution in [2.24, 2.45) is 0 Å². The van der Waals surface area contributed by atoms with Crippen LogP contribution in [0.25, 0.3) is 0 Å². The van der Waals surface area contributed by atoms with Crippen LogP contribution in [-0.2, 0) is 10.1 Å². The highest BCUT2D eigenvalue weighted by atomic mass is 32.2. The van der Waals surface area contributed by atoms with Gasteiger partial charge in [-0.1, -0.05) is 109 Å². The van der Waals surface area contributed by atoms with Gasteiger partial charge in [-0.15, -0.1) is 0 Å². The predicted molar refractivity (Wildman–Crippen MR) is 126 cm³/mol. The summed E-state index contributed by atoms with van der Waals surface area (Å²) >= 11 is 0. The van der Waals surface area contributed by atoms with Gasteiger partial charge in [0.1, 0.15) is 5.75 Å². The summed E-state index contributed by atoms with van der Waals surface area (Å²) in [4.78, 5) is 0. The molecule has 0 saturated carbocycles. The van der Waals surface area contributed by atoms with Crippen molar-refractivity contribution in [2.75, 3.05) is 0 Å². The Balaban J connectivity index is 2.11. The fourth-order valence-electron chi connectivity index (χ4n) is 4.05. The molecular weight excluding hydrogens is 465 g/mol. The van der Waals surface area contributed by atoms with Crippen LogP contribution in [0.4, 0.5) is 13.2 Å². The topological polar surface area (TPSA) is 43.4 Å². The molecule has 0 radical (unpaired) electrons. The Morgan fingerprint density at radius 3 is 1.33 bits per heavy atom. The van der Waals surface area contributed by atoms with Crippen LogP contribution < -0.4 is 24.9 Å². The highest BCUT2D eigenvalue weighted by Crippen LogP contribution is 2.27. The maximum absolute atomic E-state index is 13.2. The Hall–Kier alpha value is -3.36. The van der Waals surface area contributed by atoms with Gasteiger partial charge in [0.05, 0.1) is 0 Å². The van der Waals surface area contributed by atoms with Crippen LogP contribution in [0.1, 0.15) is 0 Å². The standard InChI is InChI=1S/C25H19F3O3SSi/c26-25(27,28)32(29,30)31-23-18-10-11-19-24(23)33(20-12-4-1-5-13-20,21-14-6-2-7-15-21)22-16-8-3-9-17-22/h1-19H. The maximum atomic E-state index is 13.2. The monoisotopic (exact) mass is 484 g/mol.